The monoisotopic (exact) mass is 325 g/mol. The van der Waals surface area contributed by atoms with E-state index in [9.17, 15) is 9.59 Å². The number of nitrogens with zero attached hydrogens (tertiary/aromatic N) is 2. The van der Waals surface area contributed by atoms with Crippen molar-refractivity contribution in [1.29, 1.82) is 0 Å². The van der Waals surface area contributed by atoms with Gasteiger partial charge in [0.05, 0.1) is 11.1 Å². The van der Waals surface area contributed by atoms with Crippen molar-refractivity contribution in [3.63, 3.8) is 0 Å². The van der Waals surface area contributed by atoms with E-state index in [0.717, 1.165) is 18.5 Å². The third-order valence-electron chi connectivity index (χ3n) is 4.16. The van der Waals surface area contributed by atoms with Gasteiger partial charge < -0.3 is 15.3 Å². The summed E-state index contributed by atoms with van der Waals surface area (Å²) in [5.74, 6) is -1.24. The lowest BCUT2D eigenvalue weighted by atomic mass is 10.0. The Hall–Kier alpha value is -2.89. The minimum atomic E-state index is -1.08. The zero-order chi connectivity index (χ0) is 16.9. The van der Waals surface area contributed by atoms with Gasteiger partial charge in [-0.1, -0.05) is 18.2 Å². The first-order chi connectivity index (χ1) is 11.6. The molecule has 0 atom stereocenters. The average Bonchev–Trinajstić information content (AvgIpc) is 2.63. The number of benzene rings is 1. The van der Waals surface area contributed by atoms with E-state index >= 15 is 0 Å². The summed E-state index contributed by atoms with van der Waals surface area (Å²) in [6.07, 6.45) is 4.37. The summed E-state index contributed by atoms with van der Waals surface area (Å²) in [6, 6.07) is 11.7. The van der Waals surface area contributed by atoms with Gasteiger partial charge in [0.15, 0.2) is 0 Å². The van der Waals surface area contributed by atoms with Gasteiger partial charge in [-0.2, -0.15) is 0 Å². The van der Waals surface area contributed by atoms with Crippen LogP contribution in [0.25, 0.3) is 0 Å². The number of amides is 1. The number of para-hydroxylation sites is 1. The van der Waals surface area contributed by atoms with Crippen molar-refractivity contribution in [2.75, 3.05) is 18.4 Å². The predicted octanol–water partition coefficient (Wildman–Crippen LogP) is 2.50. The van der Waals surface area contributed by atoms with Crippen LogP contribution in [0, 0.1) is 0 Å². The van der Waals surface area contributed by atoms with Crippen molar-refractivity contribution >= 4 is 17.6 Å². The van der Waals surface area contributed by atoms with E-state index < -0.39 is 5.97 Å². The predicted molar refractivity (Wildman–Crippen MR) is 90.2 cm³/mol. The number of piperidine rings is 1. The standard InChI is InChI=1S/C18H19N3O3/c22-17(13-10-14(18(23)24)12-19-11-13)21-8-6-16(7-9-21)20-15-4-2-1-3-5-15/h1-5,10-12,16,20H,6-9H2,(H,23,24). The van der Waals surface area contributed by atoms with Crippen molar-refractivity contribution < 1.29 is 14.7 Å². The molecule has 24 heavy (non-hydrogen) atoms. The number of likely N-dealkylation sites (tertiary alicyclic amines) is 1. The van der Waals surface area contributed by atoms with E-state index in [0.29, 0.717) is 24.7 Å². The summed E-state index contributed by atoms with van der Waals surface area (Å²) in [5.41, 5.74) is 1.44. The summed E-state index contributed by atoms with van der Waals surface area (Å²) in [4.78, 5) is 29.1. The molecule has 6 heteroatoms. The number of hydrogen-bond donors (Lipinski definition) is 2. The van der Waals surface area contributed by atoms with Crippen molar-refractivity contribution in [2.45, 2.75) is 18.9 Å². The number of carboxylic acid groups (broad SMARTS) is 1. The summed E-state index contributed by atoms with van der Waals surface area (Å²) < 4.78 is 0. The molecule has 1 aliphatic rings. The molecule has 2 N–H and O–H groups in total. The Morgan fingerprint density at radius 2 is 1.75 bits per heavy atom. The van der Waals surface area contributed by atoms with Gasteiger partial charge in [0.2, 0.25) is 0 Å². The molecule has 2 aromatic rings. The molecule has 0 radical (unpaired) electrons. The quantitative estimate of drug-likeness (QED) is 0.902. The molecule has 0 saturated carbocycles. The van der Waals surface area contributed by atoms with Gasteiger partial charge in [-0.3, -0.25) is 9.78 Å². The molecule has 0 unspecified atom stereocenters. The third-order valence-corrected chi connectivity index (χ3v) is 4.16. The highest BCUT2D eigenvalue weighted by atomic mass is 16.4. The van der Waals surface area contributed by atoms with Crippen molar-refractivity contribution in [3.05, 3.63) is 59.9 Å². The van der Waals surface area contributed by atoms with Crippen LogP contribution in [0.3, 0.4) is 0 Å². The molecular formula is C18H19N3O3. The molecule has 0 spiro atoms. The lowest BCUT2D eigenvalue weighted by Gasteiger charge is -2.33. The van der Waals surface area contributed by atoms with Crippen LogP contribution in [-0.4, -0.2) is 46.0 Å². The summed E-state index contributed by atoms with van der Waals surface area (Å²) in [5, 5.41) is 12.5. The normalized spacial score (nSPS) is 15.1. The van der Waals surface area contributed by atoms with Crippen LogP contribution in [0.15, 0.2) is 48.8 Å². The maximum Gasteiger partial charge on any atom is 0.337 e. The highest BCUT2D eigenvalue weighted by Gasteiger charge is 2.24. The minimum absolute atomic E-state index is 0.0291. The van der Waals surface area contributed by atoms with E-state index in [1.807, 2.05) is 30.3 Å². The van der Waals surface area contributed by atoms with Gasteiger partial charge in [0.1, 0.15) is 0 Å². The lowest BCUT2D eigenvalue weighted by Crippen LogP contribution is -2.42. The Labute approximate surface area is 140 Å². The second-order valence-corrected chi connectivity index (χ2v) is 5.84. The van der Waals surface area contributed by atoms with Crippen molar-refractivity contribution in [2.24, 2.45) is 0 Å². The Morgan fingerprint density at radius 1 is 1.08 bits per heavy atom. The first-order valence-corrected chi connectivity index (χ1v) is 7.92. The zero-order valence-electron chi connectivity index (χ0n) is 13.2. The van der Waals surface area contributed by atoms with Gasteiger partial charge in [-0.15, -0.1) is 0 Å². The molecule has 1 aromatic carbocycles. The molecule has 1 amide bonds. The summed E-state index contributed by atoms with van der Waals surface area (Å²) >= 11 is 0. The number of aromatic nitrogens is 1. The van der Waals surface area contributed by atoms with Crippen molar-refractivity contribution in [1.82, 2.24) is 9.88 Å². The molecule has 124 valence electrons. The minimum Gasteiger partial charge on any atom is -0.478 e. The Kier molecular flexibility index (Phi) is 4.74. The van der Waals surface area contributed by atoms with Crippen LogP contribution >= 0.6 is 0 Å². The fourth-order valence-electron chi connectivity index (χ4n) is 2.85. The Morgan fingerprint density at radius 3 is 2.42 bits per heavy atom. The number of anilines is 1. The van der Waals surface area contributed by atoms with Crippen LogP contribution in [0.4, 0.5) is 5.69 Å². The Bertz CT molecular complexity index is 725. The van der Waals surface area contributed by atoms with Crippen LogP contribution in [-0.2, 0) is 0 Å². The number of nitrogens with one attached hydrogen (secondary N) is 1. The second kappa shape index (κ2) is 7.12. The molecule has 1 saturated heterocycles. The zero-order valence-corrected chi connectivity index (χ0v) is 13.2. The van der Waals surface area contributed by atoms with E-state index in [4.69, 9.17) is 5.11 Å². The maximum atomic E-state index is 12.5. The van der Waals surface area contributed by atoms with Crippen LogP contribution in [0.2, 0.25) is 0 Å². The van der Waals surface area contributed by atoms with Crippen LogP contribution in [0.1, 0.15) is 33.6 Å². The largest absolute Gasteiger partial charge is 0.478 e. The highest BCUT2D eigenvalue weighted by molar-refractivity contribution is 5.97. The summed E-state index contributed by atoms with van der Waals surface area (Å²) in [7, 11) is 0. The topological polar surface area (TPSA) is 82.5 Å². The fourth-order valence-corrected chi connectivity index (χ4v) is 2.85. The van der Waals surface area contributed by atoms with Gasteiger partial charge >= 0.3 is 5.97 Å². The molecule has 0 aliphatic carbocycles. The first-order valence-electron chi connectivity index (χ1n) is 7.92. The van der Waals surface area contributed by atoms with Gasteiger partial charge in [-0.25, -0.2) is 4.79 Å². The van der Waals surface area contributed by atoms with Crippen molar-refractivity contribution in [3.8, 4) is 0 Å². The Balaban J connectivity index is 1.59. The van der Waals surface area contributed by atoms with E-state index in [-0.39, 0.29) is 11.5 Å². The summed E-state index contributed by atoms with van der Waals surface area (Å²) in [6.45, 7) is 1.28. The van der Waals surface area contributed by atoms with Gasteiger partial charge in [-0.05, 0) is 31.0 Å². The van der Waals surface area contributed by atoms with E-state index in [2.05, 4.69) is 10.3 Å². The van der Waals surface area contributed by atoms with E-state index in [1.54, 1.807) is 4.90 Å². The number of hydrogen-bond acceptors (Lipinski definition) is 4. The van der Waals surface area contributed by atoms with Crippen LogP contribution in [0.5, 0.6) is 0 Å². The number of carboxylic acids is 1. The first kappa shape index (κ1) is 16.0. The molecule has 6 nitrogen and oxygen atoms in total. The number of aromatic carboxylic acids is 1. The molecule has 2 heterocycles. The van der Waals surface area contributed by atoms with Gasteiger partial charge in [0.25, 0.3) is 5.91 Å². The highest BCUT2D eigenvalue weighted by Crippen LogP contribution is 2.18. The molecule has 3 rings (SSSR count). The molecule has 1 aliphatic heterocycles. The number of carbonyl (C=O) groups is 2. The molecular weight excluding hydrogens is 306 g/mol. The maximum absolute atomic E-state index is 12.5. The lowest BCUT2D eigenvalue weighted by molar-refractivity contribution is 0.0696. The number of rotatable bonds is 4. The number of pyridine rings is 1. The molecule has 0 bridgehead atoms. The average molecular weight is 325 g/mol. The number of carbonyl (C=O) groups excluding carboxylic acids is 1. The smallest absolute Gasteiger partial charge is 0.337 e. The van der Waals surface area contributed by atoms with E-state index in [1.165, 1.54) is 18.5 Å². The SMILES string of the molecule is O=C(O)c1cncc(C(=O)N2CCC(Nc3ccccc3)CC2)c1. The third kappa shape index (κ3) is 3.71. The van der Waals surface area contributed by atoms with Gasteiger partial charge in [0, 0.05) is 37.2 Å². The second-order valence-electron chi connectivity index (χ2n) is 5.84. The van der Waals surface area contributed by atoms with Crippen LogP contribution < -0.4 is 5.32 Å². The molecule has 1 aromatic heterocycles. The molecule has 1 fully saturated rings. The fraction of sp³-hybridized carbons (Fsp3) is 0.278.